The van der Waals surface area contributed by atoms with Crippen LogP contribution in [0.5, 0.6) is 0 Å². The van der Waals surface area contributed by atoms with Crippen molar-refractivity contribution in [3.63, 3.8) is 0 Å². The summed E-state index contributed by atoms with van der Waals surface area (Å²) in [6.45, 7) is 4.14. The second kappa shape index (κ2) is 9.91. The molecule has 0 fully saturated rings. The zero-order valence-corrected chi connectivity index (χ0v) is 17.1. The lowest BCUT2D eigenvalue weighted by atomic mass is 10.0. The van der Waals surface area contributed by atoms with Gasteiger partial charge in [0.25, 0.3) is 0 Å². The number of hydrogen-bond donors (Lipinski definition) is 3. The van der Waals surface area contributed by atoms with E-state index in [9.17, 15) is 19.8 Å². The van der Waals surface area contributed by atoms with Crippen LogP contribution in [0, 0.1) is 5.92 Å². The number of nitrogens with one attached hydrogen (secondary N) is 1. The highest BCUT2D eigenvalue weighted by Crippen LogP contribution is 2.26. The van der Waals surface area contributed by atoms with Gasteiger partial charge in [-0.25, -0.2) is 4.98 Å². The van der Waals surface area contributed by atoms with Crippen LogP contribution in [0.15, 0.2) is 30.7 Å². The molecule has 0 saturated heterocycles. The molecule has 0 radical (unpaired) electrons. The standard InChI is InChI=1S/C19H23Cl2N3O4/c1-11(2)6-15(18(25)26)23-16(19(27)28)7-13-8-22-10-24(13)9-12-4-3-5-14(20)17(12)21/h3-5,8,10-11,15-16,23H,6-7,9H2,1-2H3,(H,25,26)(H,27,28)/t15?,16-/m0/s1. The summed E-state index contributed by atoms with van der Waals surface area (Å²) < 4.78 is 1.77. The summed E-state index contributed by atoms with van der Waals surface area (Å²) in [4.78, 5) is 27.3. The number of carbonyl (C=O) groups is 2. The topological polar surface area (TPSA) is 104 Å². The first kappa shape index (κ1) is 22.2. The quantitative estimate of drug-likeness (QED) is 0.536. The van der Waals surface area contributed by atoms with Crippen LogP contribution in [-0.2, 0) is 22.6 Å². The summed E-state index contributed by atoms with van der Waals surface area (Å²) in [5.41, 5.74) is 1.42. The van der Waals surface area contributed by atoms with Gasteiger partial charge in [0.15, 0.2) is 0 Å². The van der Waals surface area contributed by atoms with Crippen molar-refractivity contribution < 1.29 is 19.8 Å². The van der Waals surface area contributed by atoms with Crippen LogP contribution < -0.4 is 5.32 Å². The highest BCUT2D eigenvalue weighted by molar-refractivity contribution is 6.42. The molecular weight excluding hydrogens is 405 g/mol. The molecule has 1 heterocycles. The first-order chi connectivity index (χ1) is 13.2. The van der Waals surface area contributed by atoms with Gasteiger partial charge in [-0.2, -0.15) is 0 Å². The van der Waals surface area contributed by atoms with E-state index in [1.165, 1.54) is 0 Å². The Labute approximate surface area is 173 Å². The molecule has 0 aliphatic rings. The molecule has 2 atom stereocenters. The molecule has 1 aromatic heterocycles. The lowest BCUT2D eigenvalue weighted by Crippen LogP contribution is -2.49. The van der Waals surface area contributed by atoms with Crippen molar-refractivity contribution in [2.24, 2.45) is 5.92 Å². The molecule has 28 heavy (non-hydrogen) atoms. The summed E-state index contributed by atoms with van der Waals surface area (Å²) in [6.07, 6.45) is 3.55. The minimum atomic E-state index is -1.12. The number of aromatic nitrogens is 2. The van der Waals surface area contributed by atoms with Crippen molar-refractivity contribution >= 4 is 35.1 Å². The number of carboxylic acids is 2. The largest absolute Gasteiger partial charge is 0.480 e. The van der Waals surface area contributed by atoms with Gasteiger partial charge in [0.1, 0.15) is 12.1 Å². The average Bonchev–Trinajstić information content (AvgIpc) is 3.03. The van der Waals surface area contributed by atoms with Crippen molar-refractivity contribution in [2.45, 2.75) is 45.3 Å². The predicted molar refractivity (Wildman–Crippen MR) is 107 cm³/mol. The zero-order valence-electron chi connectivity index (χ0n) is 15.6. The van der Waals surface area contributed by atoms with Gasteiger partial charge in [-0.1, -0.05) is 49.2 Å². The maximum atomic E-state index is 11.7. The molecule has 0 saturated carbocycles. The Hall–Kier alpha value is -2.09. The summed E-state index contributed by atoms with van der Waals surface area (Å²) in [5.74, 6) is -2.08. The Morgan fingerprint density at radius 3 is 2.46 bits per heavy atom. The Morgan fingerprint density at radius 1 is 1.18 bits per heavy atom. The van der Waals surface area contributed by atoms with E-state index >= 15 is 0 Å². The summed E-state index contributed by atoms with van der Waals surface area (Å²) >= 11 is 12.3. The van der Waals surface area contributed by atoms with E-state index in [2.05, 4.69) is 10.3 Å². The molecule has 0 bridgehead atoms. The minimum absolute atomic E-state index is 0.0788. The van der Waals surface area contributed by atoms with Gasteiger partial charge in [0, 0.05) is 18.3 Å². The van der Waals surface area contributed by atoms with Crippen LogP contribution in [0.1, 0.15) is 31.5 Å². The molecule has 0 aliphatic carbocycles. The Bertz CT molecular complexity index is 838. The maximum Gasteiger partial charge on any atom is 0.321 e. The lowest BCUT2D eigenvalue weighted by Gasteiger charge is -2.22. The molecule has 7 nitrogen and oxygen atoms in total. The fourth-order valence-electron chi connectivity index (χ4n) is 2.90. The van der Waals surface area contributed by atoms with Gasteiger partial charge >= 0.3 is 11.9 Å². The number of carboxylic acid groups (broad SMARTS) is 2. The second-order valence-corrected chi connectivity index (χ2v) is 7.79. The van der Waals surface area contributed by atoms with Crippen molar-refractivity contribution in [3.05, 3.63) is 52.0 Å². The van der Waals surface area contributed by atoms with E-state index in [-0.39, 0.29) is 12.3 Å². The molecule has 0 amide bonds. The SMILES string of the molecule is CC(C)CC(N[C@@H](Cc1cncn1Cc1cccc(Cl)c1Cl)C(=O)O)C(=O)O. The number of hydrogen-bond acceptors (Lipinski definition) is 4. The summed E-state index contributed by atoms with van der Waals surface area (Å²) in [6, 6.07) is 3.29. The number of rotatable bonds is 10. The summed E-state index contributed by atoms with van der Waals surface area (Å²) in [7, 11) is 0. The fourth-order valence-corrected chi connectivity index (χ4v) is 3.28. The molecule has 1 unspecified atom stereocenters. The van der Waals surface area contributed by atoms with Crippen molar-refractivity contribution in [2.75, 3.05) is 0 Å². The Kier molecular flexibility index (Phi) is 7.86. The first-order valence-corrected chi connectivity index (χ1v) is 9.58. The predicted octanol–water partition coefficient (Wildman–Crippen LogP) is 3.32. The Balaban J connectivity index is 2.18. The van der Waals surface area contributed by atoms with E-state index in [1.54, 1.807) is 29.2 Å². The number of benzene rings is 1. The minimum Gasteiger partial charge on any atom is -0.480 e. The smallest absolute Gasteiger partial charge is 0.321 e. The van der Waals surface area contributed by atoms with Crippen LogP contribution >= 0.6 is 23.2 Å². The van der Waals surface area contributed by atoms with Gasteiger partial charge in [0.2, 0.25) is 0 Å². The second-order valence-electron chi connectivity index (χ2n) is 7.01. The van der Waals surface area contributed by atoms with Crippen molar-refractivity contribution in [1.29, 1.82) is 0 Å². The van der Waals surface area contributed by atoms with Crippen molar-refractivity contribution in [1.82, 2.24) is 14.9 Å². The molecule has 3 N–H and O–H groups in total. The van der Waals surface area contributed by atoms with Crippen molar-refractivity contribution in [3.8, 4) is 0 Å². The number of nitrogens with zero attached hydrogens (tertiary/aromatic N) is 2. The van der Waals surface area contributed by atoms with Gasteiger partial charge < -0.3 is 14.8 Å². The van der Waals surface area contributed by atoms with Gasteiger partial charge in [0.05, 0.1) is 22.9 Å². The van der Waals surface area contributed by atoms with Gasteiger partial charge in [-0.3, -0.25) is 14.9 Å². The molecule has 9 heteroatoms. The fraction of sp³-hybridized carbons (Fsp3) is 0.421. The van der Waals surface area contributed by atoms with E-state index in [0.717, 1.165) is 5.56 Å². The zero-order chi connectivity index (χ0) is 20.8. The molecule has 1 aromatic carbocycles. The average molecular weight is 428 g/mol. The van der Waals surface area contributed by atoms with Crippen LogP contribution in [0.3, 0.4) is 0 Å². The molecule has 2 rings (SSSR count). The third-order valence-electron chi connectivity index (χ3n) is 4.29. The maximum absolute atomic E-state index is 11.7. The monoisotopic (exact) mass is 427 g/mol. The summed E-state index contributed by atoms with van der Waals surface area (Å²) in [5, 5.41) is 22.6. The van der Waals surface area contributed by atoms with E-state index < -0.39 is 24.0 Å². The molecular formula is C19H23Cl2N3O4. The van der Waals surface area contributed by atoms with E-state index in [4.69, 9.17) is 23.2 Å². The highest BCUT2D eigenvalue weighted by Gasteiger charge is 2.27. The number of imidazole rings is 1. The normalized spacial score (nSPS) is 13.5. The van der Waals surface area contributed by atoms with Crippen LogP contribution in [0.2, 0.25) is 10.0 Å². The van der Waals surface area contributed by atoms with Crippen LogP contribution in [-0.4, -0.2) is 43.8 Å². The number of halogens is 2. The molecule has 0 spiro atoms. The Morgan fingerprint density at radius 2 is 1.86 bits per heavy atom. The van der Waals surface area contributed by atoms with Crippen LogP contribution in [0.25, 0.3) is 0 Å². The van der Waals surface area contributed by atoms with E-state index in [0.29, 0.717) is 28.7 Å². The third kappa shape index (κ3) is 5.95. The third-order valence-corrected chi connectivity index (χ3v) is 5.15. The molecule has 152 valence electrons. The van der Waals surface area contributed by atoms with Gasteiger partial charge in [-0.15, -0.1) is 0 Å². The van der Waals surface area contributed by atoms with Gasteiger partial charge in [-0.05, 0) is 24.0 Å². The molecule has 0 aliphatic heterocycles. The first-order valence-electron chi connectivity index (χ1n) is 8.82. The van der Waals surface area contributed by atoms with Crippen LogP contribution in [0.4, 0.5) is 0 Å². The highest BCUT2D eigenvalue weighted by atomic mass is 35.5. The lowest BCUT2D eigenvalue weighted by molar-refractivity contribution is -0.142. The van der Waals surface area contributed by atoms with E-state index in [1.807, 2.05) is 19.9 Å². The number of aliphatic carboxylic acids is 2. The molecule has 2 aromatic rings.